The van der Waals surface area contributed by atoms with Crippen LogP contribution in [0.2, 0.25) is 0 Å². The van der Waals surface area contributed by atoms with Crippen molar-refractivity contribution in [2.24, 2.45) is 5.73 Å². The molecule has 0 atom stereocenters. The highest BCUT2D eigenvalue weighted by atomic mass is 32.2. The van der Waals surface area contributed by atoms with Gasteiger partial charge in [-0.3, -0.25) is 5.41 Å². The Bertz CT molecular complexity index is 824. The average molecular weight is 292 g/mol. The van der Waals surface area contributed by atoms with Crippen LogP contribution in [0.1, 0.15) is 5.56 Å². The van der Waals surface area contributed by atoms with Crippen molar-refractivity contribution in [2.45, 2.75) is 4.90 Å². The molecule has 0 aliphatic rings. The number of nitrogen functional groups attached to an aromatic ring is 1. The third kappa shape index (κ3) is 2.65. The zero-order valence-corrected chi connectivity index (χ0v) is 12.6. The molecule has 3 aromatic rings. The third-order valence-electron chi connectivity index (χ3n) is 3.57. The lowest BCUT2D eigenvalue weighted by molar-refractivity contribution is 1.43. The van der Waals surface area contributed by atoms with Crippen molar-refractivity contribution in [3.8, 4) is 11.1 Å². The monoisotopic (exact) mass is 292 g/mol. The molecular formula is C18H16N2S. The van der Waals surface area contributed by atoms with E-state index in [-0.39, 0.29) is 5.84 Å². The lowest BCUT2D eigenvalue weighted by Gasteiger charge is -2.09. The predicted molar refractivity (Wildman–Crippen MR) is 92.2 cm³/mol. The standard InChI is InChI=1S/C18H16N2S/c1-21-17-5-3-2-4-16(17)14-8-6-13-11-15(18(19)20)9-7-12(13)10-14/h2-11H,1H3,(H3,19,20). The number of nitrogens with one attached hydrogen (secondary N) is 1. The second kappa shape index (κ2) is 5.62. The Kier molecular flexibility index (Phi) is 3.67. The molecule has 0 aliphatic carbocycles. The van der Waals surface area contributed by atoms with Gasteiger partial charge in [-0.1, -0.05) is 42.5 Å². The van der Waals surface area contributed by atoms with Crippen LogP contribution in [0.15, 0.2) is 65.6 Å². The first-order chi connectivity index (χ1) is 10.2. The highest BCUT2D eigenvalue weighted by molar-refractivity contribution is 7.98. The summed E-state index contributed by atoms with van der Waals surface area (Å²) in [7, 11) is 0. The minimum atomic E-state index is 0.105. The Hall–Kier alpha value is -2.26. The fourth-order valence-corrected chi connectivity index (χ4v) is 3.08. The Balaban J connectivity index is 2.13. The van der Waals surface area contributed by atoms with Gasteiger partial charge in [0.25, 0.3) is 0 Å². The SMILES string of the molecule is CSc1ccccc1-c1ccc2cc(C(=N)N)ccc2c1. The smallest absolute Gasteiger partial charge is 0.122 e. The van der Waals surface area contributed by atoms with Gasteiger partial charge in [0.15, 0.2) is 0 Å². The molecule has 0 radical (unpaired) electrons. The van der Waals surface area contributed by atoms with Crippen LogP contribution < -0.4 is 5.73 Å². The molecule has 3 rings (SSSR count). The molecule has 3 heteroatoms. The van der Waals surface area contributed by atoms with Crippen LogP contribution in [0.4, 0.5) is 0 Å². The summed E-state index contributed by atoms with van der Waals surface area (Å²) in [5.41, 5.74) is 8.77. The number of thioether (sulfide) groups is 1. The largest absolute Gasteiger partial charge is 0.384 e. The van der Waals surface area contributed by atoms with E-state index in [0.29, 0.717) is 0 Å². The molecule has 0 spiro atoms. The maximum atomic E-state index is 7.52. The summed E-state index contributed by atoms with van der Waals surface area (Å²) in [6.45, 7) is 0. The predicted octanol–water partition coefficient (Wildman–Crippen LogP) is 4.51. The van der Waals surface area contributed by atoms with Crippen LogP contribution in [0.3, 0.4) is 0 Å². The van der Waals surface area contributed by atoms with Crippen LogP contribution >= 0.6 is 11.8 Å². The van der Waals surface area contributed by atoms with E-state index in [1.165, 1.54) is 16.0 Å². The molecule has 104 valence electrons. The van der Waals surface area contributed by atoms with Gasteiger partial charge in [-0.25, -0.2) is 0 Å². The second-order valence-corrected chi connectivity index (χ2v) is 5.74. The molecule has 0 aromatic heterocycles. The van der Waals surface area contributed by atoms with Crippen molar-refractivity contribution in [2.75, 3.05) is 6.26 Å². The molecule has 0 heterocycles. The fourth-order valence-electron chi connectivity index (χ4n) is 2.46. The van der Waals surface area contributed by atoms with E-state index in [1.807, 2.05) is 18.2 Å². The van der Waals surface area contributed by atoms with Crippen LogP contribution in [0.5, 0.6) is 0 Å². The zero-order valence-electron chi connectivity index (χ0n) is 11.8. The number of amidine groups is 1. The van der Waals surface area contributed by atoms with E-state index in [2.05, 4.69) is 48.7 Å². The van der Waals surface area contributed by atoms with Gasteiger partial charge in [-0.2, -0.15) is 0 Å². The van der Waals surface area contributed by atoms with Gasteiger partial charge in [0.1, 0.15) is 5.84 Å². The normalized spacial score (nSPS) is 10.7. The zero-order chi connectivity index (χ0) is 14.8. The van der Waals surface area contributed by atoms with Gasteiger partial charge in [-0.05, 0) is 46.4 Å². The average Bonchev–Trinajstić information content (AvgIpc) is 2.53. The van der Waals surface area contributed by atoms with Crippen LogP contribution in [0, 0.1) is 5.41 Å². The lowest BCUT2D eigenvalue weighted by atomic mass is 10.00. The lowest BCUT2D eigenvalue weighted by Crippen LogP contribution is -2.10. The highest BCUT2D eigenvalue weighted by Crippen LogP contribution is 2.32. The van der Waals surface area contributed by atoms with Crippen molar-refractivity contribution in [3.05, 3.63) is 66.2 Å². The molecule has 0 aliphatic heterocycles. The molecule has 21 heavy (non-hydrogen) atoms. The topological polar surface area (TPSA) is 49.9 Å². The minimum absolute atomic E-state index is 0.105. The van der Waals surface area contributed by atoms with Crippen molar-refractivity contribution in [3.63, 3.8) is 0 Å². The molecule has 0 fully saturated rings. The summed E-state index contributed by atoms with van der Waals surface area (Å²) in [6, 6.07) is 20.7. The van der Waals surface area contributed by atoms with Crippen LogP contribution in [-0.4, -0.2) is 12.1 Å². The molecular weight excluding hydrogens is 276 g/mol. The maximum absolute atomic E-state index is 7.52. The van der Waals surface area contributed by atoms with Gasteiger partial charge in [0, 0.05) is 10.5 Å². The Morgan fingerprint density at radius 1 is 0.952 bits per heavy atom. The molecule has 3 aromatic carbocycles. The Morgan fingerprint density at radius 2 is 1.67 bits per heavy atom. The Morgan fingerprint density at radius 3 is 2.43 bits per heavy atom. The van der Waals surface area contributed by atoms with Crippen molar-refractivity contribution in [1.82, 2.24) is 0 Å². The maximum Gasteiger partial charge on any atom is 0.122 e. The van der Waals surface area contributed by atoms with E-state index in [9.17, 15) is 0 Å². The number of rotatable bonds is 3. The molecule has 0 saturated carbocycles. The highest BCUT2D eigenvalue weighted by Gasteiger charge is 2.05. The van der Waals surface area contributed by atoms with Crippen molar-refractivity contribution in [1.29, 1.82) is 5.41 Å². The summed E-state index contributed by atoms with van der Waals surface area (Å²) in [4.78, 5) is 1.28. The van der Waals surface area contributed by atoms with Gasteiger partial charge in [0.2, 0.25) is 0 Å². The number of hydrogen-bond acceptors (Lipinski definition) is 2. The summed E-state index contributed by atoms with van der Waals surface area (Å²) in [6.07, 6.45) is 2.10. The quantitative estimate of drug-likeness (QED) is 0.424. The van der Waals surface area contributed by atoms with Gasteiger partial charge in [-0.15, -0.1) is 11.8 Å². The molecule has 0 amide bonds. The molecule has 2 nitrogen and oxygen atoms in total. The molecule has 0 unspecified atom stereocenters. The first-order valence-electron chi connectivity index (χ1n) is 6.70. The number of benzene rings is 3. The second-order valence-electron chi connectivity index (χ2n) is 4.89. The molecule has 0 saturated heterocycles. The number of fused-ring (bicyclic) bond motifs is 1. The van der Waals surface area contributed by atoms with E-state index in [1.54, 1.807) is 11.8 Å². The summed E-state index contributed by atoms with van der Waals surface area (Å²) in [5, 5.41) is 9.78. The van der Waals surface area contributed by atoms with E-state index in [0.717, 1.165) is 16.3 Å². The van der Waals surface area contributed by atoms with Crippen LogP contribution in [-0.2, 0) is 0 Å². The first kappa shape index (κ1) is 13.7. The molecule has 3 N–H and O–H groups in total. The number of hydrogen-bond donors (Lipinski definition) is 2. The minimum Gasteiger partial charge on any atom is -0.384 e. The number of nitrogens with two attached hydrogens (primary N) is 1. The third-order valence-corrected chi connectivity index (χ3v) is 4.37. The van der Waals surface area contributed by atoms with Gasteiger partial charge in [0.05, 0.1) is 0 Å². The van der Waals surface area contributed by atoms with E-state index < -0.39 is 0 Å². The van der Waals surface area contributed by atoms with Gasteiger partial charge < -0.3 is 5.73 Å². The van der Waals surface area contributed by atoms with Gasteiger partial charge >= 0.3 is 0 Å². The van der Waals surface area contributed by atoms with Crippen LogP contribution in [0.25, 0.3) is 21.9 Å². The van der Waals surface area contributed by atoms with E-state index in [4.69, 9.17) is 11.1 Å². The van der Waals surface area contributed by atoms with Crippen molar-refractivity contribution >= 4 is 28.4 Å². The summed E-state index contributed by atoms with van der Waals surface area (Å²) in [5.74, 6) is 0.105. The summed E-state index contributed by atoms with van der Waals surface area (Å²) >= 11 is 1.76. The first-order valence-corrected chi connectivity index (χ1v) is 7.93. The Labute approximate surface area is 128 Å². The van der Waals surface area contributed by atoms with E-state index >= 15 is 0 Å². The molecule has 0 bridgehead atoms. The summed E-state index contributed by atoms with van der Waals surface area (Å²) < 4.78 is 0. The van der Waals surface area contributed by atoms with Crippen molar-refractivity contribution < 1.29 is 0 Å². The fraction of sp³-hybridized carbons (Fsp3) is 0.0556.